The molecule has 264 valence electrons. The lowest BCUT2D eigenvalue weighted by molar-refractivity contribution is -0.302. The molecule has 9 heteroatoms. The highest BCUT2D eigenvalue weighted by Gasteiger charge is 2.44. The monoisotopic (exact) mass is 641 g/mol. The molecule has 0 aromatic heterocycles. The van der Waals surface area contributed by atoms with E-state index in [9.17, 15) is 30.3 Å². The van der Waals surface area contributed by atoms with Gasteiger partial charge in [0.05, 0.1) is 25.4 Å². The van der Waals surface area contributed by atoms with Crippen molar-refractivity contribution in [1.82, 2.24) is 5.32 Å². The van der Waals surface area contributed by atoms with Crippen LogP contribution in [0.1, 0.15) is 142 Å². The van der Waals surface area contributed by atoms with Crippen molar-refractivity contribution < 1.29 is 39.8 Å². The Morgan fingerprint density at radius 3 is 1.84 bits per heavy atom. The molecule has 1 saturated heterocycles. The average molecular weight is 642 g/mol. The van der Waals surface area contributed by atoms with E-state index in [-0.39, 0.29) is 12.5 Å². The van der Waals surface area contributed by atoms with Crippen LogP contribution in [0, 0.1) is 0 Å². The predicted octanol–water partition coefficient (Wildman–Crippen LogP) is 5.60. The number of rotatable bonds is 28. The van der Waals surface area contributed by atoms with E-state index in [1.165, 1.54) is 89.9 Å². The van der Waals surface area contributed by atoms with E-state index in [0.717, 1.165) is 32.1 Å². The van der Waals surface area contributed by atoms with Crippen molar-refractivity contribution in [2.75, 3.05) is 13.2 Å². The zero-order chi connectivity index (χ0) is 33.1. The molecule has 1 rings (SSSR count). The first kappa shape index (κ1) is 41.7. The summed E-state index contributed by atoms with van der Waals surface area (Å²) in [5, 5.41) is 53.6. The normalized spacial score (nSPS) is 23.6. The largest absolute Gasteiger partial charge is 0.394 e. The molecule has 0 saturated carbocycles. The van der Waals surface area contributed by atoms with Crippen molar-refractivity contribution in [1.29, 1.82) is 0 Å². The molecule has 0 aromatic carbocycles. The van der Waals surface area contributed by atoms with Crippen LogP contribution >= 0.6 is 0 Å². The predicted molar refractivity (Wildman–Crippen MR) is 180 cm³/mol. The maximum absolute atomic E-state index is 12.8. The zero-order valence-electron chi connectivity index (χ0n) is 28.4. The van der Waals surface area contributed by atoms with Crippen LogP contribution in [0.25, 0.3) is 0 Å². The van der Waals surface area contributed by atoms with E-state index >= 15 is 0 Å². The van der Waals surface area contributed by atoms with Crippen LogP contribution in [0.4, 0.5) is 0 Å². The second-order valence-corrected chi connectivity index (χ2v) is 12.7. The van der Waals surface area contributed by atoms with Gasteiger partial charge in [0.1, 0.15) is 24.4 Å². The Kier molecular flexibility index (Phi) is 25.7. The number of unbranched alkanes of at least 4 members (excludes halogenated alkanes) is 17. The first-order valence-corrected chi connectivity index (χ1v) is 18.1. The van der Waals surface area contributed by atoms with Crippen LogP contribution in [-0.4, -0.2) is 87.5 Å². The van der Waals surface area contributed by atoms with Gasteiger partial charge < -0.3 is 40.3 Å². The van der Waals surface area contributed by atoms with Crippen molar-refractivity contribution in [3.63, 3.8) is 0 Å². The Labute approximate surface area is 273 Å². The fourth-order valence-electron chi connectivity index (χ4n) is 5.56. The standard InChI is InChI=1S/C36H67NO8/c1-3-5-7-9-11-13-14-15-16-18-20-22-24-26-32(40)37-29(30(39)25-23-21-19-17-12-10-8-6-4-2)28-44-36-35(43)34(42)33(41)31(27-38)45-36/h19,21,23,25,29-31,33-36,38-39,41-43H,3-18,20,22,24,26-28H2,1-2H3,(H,37,40)/b21-19+,25-23+/t29-,30+,31+,33+,34?,35?,36+/m0/s1. The molecule has 0 bridgehead atoms. The Bertz CT molecular complexity index is 761. The number of amides is 1. The van der Waals surface area contributed by atoms with E-state index in [1.807, 2.05) is 6.08 Å². The summed E-state index contributed by atoms with van der Waals surface area (Å²) in [5.74, 6) is -0.199. The summed E-state index contributed by atoms with van der Waals surface area (Å²) in [7, 11) is 0. The van der Waals surface area contributed by atoms with Crippen LogP contribution in [0.2, 0.25) is 0 Å². The third-order valence-electron chi connectivity index (χ3n) is 8.58. The van der Waals surface area contributed by atoms with Crippen LogP contribution in [0.5, 0.6) is 0 Å². The molecule has 1 aliphatic heterocycles. The highest BCUT2D eigenvalue weighted by Crippen LogP contribution is 2.22. The smallest absolute Gasteiger partial charge is 0.220 e. The summed E-state index contributed by atoms with van der Waals surface area (Å²) in [6.07, 6.45) is 22.4. The van der Waals surface area contributed by atoms with Crippen LogP contribution in [-0.2, 0) is 14.3 Å². The number of ether oxygens (including phenoxy) is 2. The van der Waals surface area contributed by atoms with Crippen molar-refractivity contribution in [2.24, 2.45) is 0 Å². The van der Waals surface area contributed by atoms with E-state index in [2.05, 4.69) is 25.2 Å². The fourth-order valence-corrected chi connectivity index (χ4v) is 5.56. The summed E-state index contributed by atoms with van der Waals surface area (Å²) in [4.78, 5) is 12.8. The number of aliphatic hydroxyl groups excluding tert-OH is 5. The third kappa shape index (κ3) is 19.8. The molecule has 0 radical (unpaired) electrons. The third-order valence-corrected chi connectivity index (χ3v) is 8.58. The number of carbonyl (C=O) groups is 1. The molecule has 1 amide bonds. The molecular formula is C36H67NO8. The van der Waals surface area contributed by atoms with Gasteiger partial charge in [0, 0.05) is 6.42 Å². The van der Waals surface area contributed by atoms with Crippen molar-refractivity contribution in [3.05, 3.63) is 24.3 Å². The van der Waals surface area contributed by atoms with E-state index < -0.39 is 49.5 Å². The van der Waals surface area contributed by atoms with Gasteiger partial charge in [-0.1, -0.05) is 141 Å². The lowest BCUT2D eigenvalue weighted by Crippen LogP contribution is -2.60. The molecule has 0 aliphatic carbocycles. The molecule has 0 aromatic rings. The van der Waals surface area contributed by atoms with E-state index in [0.29, 0.717) is 6.42 Å². The highest BCUT2D eigenvalue weighted by atomic mass is 16.7. The molecule has 1 heterocycles. The zero-order valence-corrected chi connectivity index (χ0v) is 28.4. The van der Waals surface area contributed by atoms with Gasteiger partial charge in [-0.15, -0.1) is 0 Å². The molecule has 0 spiro atoms. The number of hydrogen-bond acceptors (Lipinski definition) is 8. The average Bonchev–Trinajstić information content (AvgIpc) is 3.04. The molecule has 45 heavy (non-hydrogen) atoms. The Hall–Kier alpha value is -1.33. The first-order chi connectivity index (χ1) is 21.8. The number of allylic oxidation sites excluding steroid dienone is 3. The quantitative estimate of drug-likeness (QED) is 0.0478. The highest BCUT2D eigenvalue weighted by molar-refractivity contribution is 5.76. The molecule has 6 N–H and O–H groups in total. The van der Waals surface area contributed by atoms with Crippen LogP contribution in [0.3, 0.4) is 0 Å². The Balaban J connectivity index is 2.49. The fraction of sp³-hybridized carbons (Fsp3) is 0.861. The second kappa shape index (κ2) is 27.8. The SMILES string of the molecule is CCCCCCC/C=C/C=C/[C@@H](O)[C@H](CO[C@@H]1O[C@H](CO)[C@@H](O)C(O)C1O)NC(=O)CCCCCCCCCCCCCCC. The molecule has 1 fully saturated rings. The van der Waals surface area contributed by atoms with Crippen molar-refractivity contribution >= 4 is 5.91 Å². The molecular weight excluding hydrogens is 574 g/mol. The Morgan fingerprint density at radius 1 is 0.756 bits per heavy atom. The number of carbonyl (C=O) groups excluding carboxylic acids is 1. The summed E-state index contributed by atoms with van der Waals surface area (Å²) >= 11 is 0. The topological polar surface area (TPSA) is 149 Å². The first-order valence-electron chi connectivity index (χ1n) is 18.1. The lowest BCUT2D eigenvalue weighted by Gasteiger charge is -2.40. The van der Waals surface area contributed by atoms with E-state index in [4.69, 9.17) is 9.47 Å². The molecule has 9 nitrogen and oxygen atoms in total. The number of aliphatic hydroxyl groups is 5. The van der Waals surface area contributed by atoms with Gasteiger partial charge >= 0.3 is 0 Å². The van der Waals surface area contributed by atoms with Crippen molar-refractivity contribution in [2.45, 2.75) is 185 Å². The minimum absolute atomic E-state index is 0.199. The number of nitrogens with one attached hydrogen (secondary N) is 1. The van der Waals surface area contributed by atoms with Gasteiger partial charge in [0.15, 0.2) is 6.29 Å². The summed E-state index contributed by atoms with van der Waals surface area (Å²) in [5.41, 5.74) is 0. The van der Waals surface area contributed by atoms with Gasteiger partial charge in [-0.25, -0.2) is 0 Å². The molecule has 7 atom stereocenters. The second-order valence-electron chi connectivity index (χ2n) is 12.7. The molecule has 2 unspecified atom stereocenters. The Morgan fingerprint density at radius 2 is 1.29 bits per heavy atom. The summed E-state index contributed by atoms with van der Waals surface area (Å²) in [6.45, 7) is 3.66. The molecule has 1 aliphatic rings. The van der Waals surface area contributed by atoms with Gasteiger partial charge in [0.2, 0.25) is 5.91 Å². The maximum Gasteiger partial charge on any atom is 0.220 e. The van der Waals surface area contributed by atoms with Gasteiger partial charge in [-0.2, -0.15) is 0 Å². The van der Waals surface area contributed by atoms with Gasteiger partial charge in [-0.3, -0.25) is 4.79 Å². The van der Waals surface area contributed by atoms with Crippen LogP contribution < -0.4 is 5.32 Å². The van der Waals surface area contributed by atoms with Crippen LogP contribution in [0.15, 0.2) is 24.3 Å². The lowest BCUT2D eigenvalue weighted by atomic mass is 9.99. The summed E-state index contributed by atoms with van der Waals surface area (Å²) < 4.78 is 11.1. The minimum atomic E-state index is -1.57. The van der Waals surface area contributed by atoms with Gasteiger partial charge in [-0.05, 0) is 19.3 Å². The van der Waals surface area contributed by atoms with E-state index in [1.54, 1.807) is 12.2 Å². The minimum Gasteiger partial charge on any atom is -0.394 e. The summed E-state index contributed by atoms with van der Waals surface area (Å²) in [6, 6.07) is -0.828. The van der Waals surface area contributed by atoms with Crippen molar-refractivity contribution in [3.8, 4) is 0 Å². The maximum atomic E-state index is 12.8. The van der Waals surface area contributed by atoms with Gasteiger partial charge in [0.25, 0.3) is 0 Å². The number of hydrogen-bond donors (Lipinski definition) is 6.